The van der Waals surface area contributed by atoms with Crippen molar-refractivity contribution in [3.63, 3.8) is 0 Å². The van der Waals surface area contributed by atoms with E-state index in [9.17, 15) is 4.79 Å². The number of hydrogen-bond donors (Lipinski definition) is 3. The summed E-state index contributed by atoms with van der Waals surface area (Å²) in [4.78, 5) is 15.2. The Hall–Kier alpha value is -1.69. The van der Waals surface area contributed by atoms with Crippen LogP contribution in [0.4, 0.5) is 5.69 Å². The van der Waals surface area contributed by atoms with Gasteiger partial charge in [-0.2, -0.15) is 11.8 Å². The van der Waals surface area contributed by atoms with Gasteiger partial charge < -0.3 is 16.0 Å². The zero-order chi connectivity index (χ0) is 17.3. The van der Waals surface area contributed by atoms with E-state index in [4.69, 9.17) is 0 Å². The van der Waals surface area contributed by atoms with Gasteiger partial charge in [0.25, 0.3) is 0 Å². The van der Waals surface area contributed by atoms with Gasteiger partial charge in [0.15, 0.2) is 5.96 Å². The summed E-state index contributed by atoms with van der Waals surface area (Å²) in [6.07, 6.45) is 3.01. The number of nitrogens with one attached hydrogen (secondary N) is 3. The predicted molar refractivity (Wildman–Crippen MR) is 101 cm³/mol. The Balaban J connectivity index is 2.38. The van der Waals surface area contributed by atoms with E-state index in [1.165, 1.54) is 12.5 Å². The number of carbonyl (C=O) groups excluding carboxylic acids is 1. The van der Waals surface area contributed by atoms with Crippen molar-refractivity contribution in [2.24, 2.45) is 4.99 Å². The van der Waals surface area contributed by atoms with E-state index in [1.54, 1.807) is 7.05 Å². The summed E-state index contributed by atoms with van der Waals surface area (Å²) in [5, 5.41) is 9.44. The lowest BCUT2D eigenvalue weighted by atomic mass is 10.1. The van der Waals surface area contributed by atoms with Crippen LogP contribution in [0.25, 0.3) is 0 Å². The molecule has 0 bridgehead atoms. The van der Waals surface area contributed by atoms with Gasteiger partial charge in [-0.05, 0) is 44.2 Å². The monoisotopic (exact) mass is 336 g/mol. The maximum absolute atomic E-state index is 11.0. The van der Waals surface area contributed by atoms with Crippen LogP contribution in [0, 0.1) is 0 Å². The summed E-state index contributed by atoms with van der Waals surface area (Å²) in [6, 6.07) is 7.90. The molecule has 23 heavy (non-hydrogen) atoms. The highest BCUT2D eigenvalue weighted by atomic mass is 32.2. The first-order valence-corrected chi connectivity index (χ1v) is 8.95. The fraction of sp³-hybridized carbons (Fsp3) is 0.529. The molecular weight excluding hydrogens is 308 g/mol. The van der Waals surface area contributed by atoms with Crippen molar-refractivity contribution in [1.82, 2.24) is 10.6 Å². The summed E-state index contributed by atoms with van der Waals surface area (Å²) in [5.74, 6) is 0.768. The van der Waals surface area contributed by atoms with Crippen LogP contribution < -0.4 is 16.0 Å². The van der Waals surface area contributed by atoms with Crippen molar-refractivity contribution in [2.45, 2.75) is 31.9 Å². The lowest BCUT2D eigenvalue weighted by Crippen LogP contribution is -2.43. The second-order valence-electron chi connectivity index (χ2n) is 5.94. The third kappa shape index (κ3) is 7.93. The molecule has 1 aromatic carbocycles. The Kier molecular flexibility index (Phi) is 7.95. The molecule has 1 amide bonds. The Labute approximate surface area is 143 Å². The smallest absolute Gasteiger partial charge is 0.221 e. The highest BCUT2D eigenvalue weighted by Crippen LogP contribution is 2.19. The van der Waals surface area contributed by atoms with Crippen molar-refractivity contribution >= 4 is 29.3 Å². The Morgan fingerprint density at radius 1 is 1.22 bits per heavy atom. The molecule has 0 atom stereocenters. The maximum Gasteiger partial charge on any atom is 0.221 e. The minimum absolute atomic E-state index is 0.0533. The van der Waals surface area contributed by atoms with E-state index in [1.807, 2.05) is 36.0 Å². The largest absolute Gasteiger partial charge is 0.356 e. The van der Waals surface area contributed by atoms with Crippen LogP contribution in [0.15, 0.2) is 29.3 Å². The minimum atomic E-state index is -0.0533. The van der Waals surface area contributed by atoms with Gasteiger partial charge in [0.2, 0.25) is 5.91 Å². The lowest BCUT2D eigenvalue weighted by Gasteiger charge is -2.23. The topological polar surface area (TPSA) is 65.5 Å². The van der Waals surface area contributed by atoms with Crippen molar-refractivity contribution in [1.29, 1.82) is 0 Å². The van der Waals surface area contributed by atoms with Crippen molar-refractivity contribution in [2.75, 3.05) is 31.7 Å². The number of nitrogens with zero attached hydrogens (tertiary/aromatic N) is 1. The van der Waals surface area contributed by atoms with Crippen molar-refractivity contribution in [3.05, 3.63) is 29.8 Å². The third-order valence-corrected chi connectivity index (χ3v) is 4.69. The molecule has 5 nitrogen and oxygen atoms in total. The maximum atomic E-state index is 11.0. The molecule has 3 N–H and O–H groups in total. The van der Waals surface area contributed by atoms with Gasteiger partial charge in [0, 0.05) is 37.5 Å². The summed E-state index contributed by atoms with van der Waals surface area (Å²) < 4.78 is 0.178. The second-order valence-corrected chi connectivity index (χ2v) is 7.46. The van der Waals surface area contributed by atoms with Crippen molar-refractivity contribution < 1.29 is 4.79 Å². The number of carbonyl (C=O) groups is 1. The number of rotatable bonds is 7. The molecule has 1 aromatic rings. The molecule has 0 fully saturated rings. The number of aliphatic imine (C=N–C) groups is 1. The van der Waals surface area contributed by atoms with E-state index < -0.39 is 0 Å². The fourth-order valence-corrected chi connectivity index (χ4v) is 2.09. The molecule has 0 radical (unpaired) electrons. The molecule has 0 saturated carbocycles. The molecule has 0 unspecified atom stereocenters. The van der Waals surface area contributed by atoms with Gasteiger partial charge in [-0.1, -0.05) is 12.1 Å². The van der Waals surface area contributed by atoms with E-state index in [-0.39, 0.29) is 10.7 Å². The molecule has 0 aliphatic carbocycles. The summed E-state index contributed by atoms with van der Waals surface area (Å²) in [7, 11) is 1.78. The molecule has 1 rings (SSSR count). The Morgan fingerprint density at radius 2 is 1.87 bits per heavy atom. The quantitative estimate of drug-likeness (QED) is 0.529. The number of anilines is 1. The van der Waals surface area contributed by atoms with Gasteiger partial charge in [-0.15, -0.1) is 0 Å². The normalized spacial score (nSPS) is 12.0. The third-order valence-electron chi connectivity index (χ3n) is 3.44. The number of hydrogen-bond acceptors (Lipinski definition) is 3. The summed E-state index contributed by atoms with van der Waals surface area (Å²) in [5.41, 5.74) is 2.04. The number of amides is 1. The molecule has 0 saturated heterocycles. The standard InChI is InChI=1S/C17H28N4OS/c1-13(22)21-15-8-6-14(7-9-15)10-11-19-16(18-4)20-12-17(2,3)23-5/h6-9H,10-12H2,1-5H3,(H,21,22)(H2,18,19,20). The first kappa shape index (κ1) is 19.4. The summed E-state index contributed by atoms with van der Waals surface area (Å²) >= 11 is 1.83. The van der Waals surface area contributed by atoms with Crippen LogP contribution in [0.1, 0.15) is 26.3 Å². The van der Waals surface area contributed by atoms with E-state index in [0.29, 0.717) is 0 Å². The Morgan fingerprint density at radius 3 is 2.39 bits per heavy atom. The van der Waals surface area contributed by atoms with Gasteiger partial charge in [-0.3, -0.25) is 9.79 Å². The second kappa shape index (κ2) is 9.45. The molecule has 0 spiro atoms. The first-order chi connectivity index (χ1) is 10.9. The first-order valence-electron chi connectivity index (χ1n) is 7.72. The van der Waals surface area contributed by atoms with Crippen LogP contribution in [-0.2, 0) is 11.2 Å². The molecule has 0 heterocycles. The van der Waals surface area contributed by atoms with Crippen LogP contribution >= 0.6 is 11.8 Å². The lowest BCUT2D eigenvalue weighted by molar-refractivity contribution is -0.114. The van der Waals surface area contributed by atoms with E-state index in [2.05, 4.69) is 41.0 Å². The predicted octanol–water partition coefficient (Wildman–Crippen LogP) is 2.49. The zero-order valence-electron chi connectivity index (χ0n) is 14.7. The zero-order valence-corrected chi connectivity index (χ0v) is 15.5. The SMILES string of the molecule is CN=C(NCCc1ccc(NC(C)=O)cc1)NCC(C)(C)SC. The minimum Gasteiger partial charge on any atom is -0.356 e. The summed E-state index contributed by atoms with van der Waals surface area (Å²) in [6.45, 7) is 7.58. The highest BCUT2D eigenvalue weighted by Gasteiger charge is 2.15. The molecule has 6 heteroatoms. The van der Waals surface area contributed by atoms with Crippen molar-refractivity contribution in [3.8, 4) is 0 Å². The van der Waals surface area contributed by atoms with E-state index in [0.717, 1.165) is 31.2 Å². The Bertz CT molecular complexity index is 526. The van der Waals surface area contributed by atoms with Crippen LogP contribution in [-0.4, -0.2) is 43.0 Å². The fourth-order valence-electron chi connectivity index (χ4n) is 1.87. The average molecular weight is 337 g/mol. The number of thioether (sulfide) groups is 1. The molecular formula is C17H28N4OS. The average Bonchev–Trinajstić information content (AvgIpc) is 2.51. The molecule has 128 valence electrons. The molecule has 0 aliphatic heterocycles. The van der Waals surface area contributed by atoms with Gasteiger partial charge in [0.05, 0.1) is 0 Å². The number of benzene rings is 1. The van der Waals surface area contributed by atoms with Gasteiger partial charge in [0.1, 0.15) is 0 Å². The van der Waals surface area contributed by atoms with Crippen LogP contribution in [0.5, 0.6) is 0 Å². The van der Waals surface area contributed by atoms with Gasteiger partial charge >= 0.3 is 0 Å². The van der Waals surface area contributed by atoms with E-state index >= 15 is 0 Å². The molecule has 0 aromatic heterocycles. The van der Waals surface area contributed by atoms with Crippen LogP contribution in [0.2, 0.25) is 0 Å². The van der Waals surface area contributed by atoms with Crippen LogP contribution in [0.3, 0.4) is 0 Å². The molecule has 0 aliphatic rings. The number of guanidine groups is 1. The highest BCUT2D eigenvalue weighted by molar-refractivity contribution is 7.99. The van der Waals surface area contributed by atoms with Gasteiger partial charge in [-0.25, -0.2) is 0 Å².